The third-order valence-corrected chi connectivity index (χ3v) is 3.19. The molecule has 6 nitrogen and oxygen atoms in total. The Morgan fingerprint density at radius 1 is 1.55 bits per heavy atom. The van der Waals surface area contributed by atoms with Crippen LogP contribution in [0.25, 0.3) is 0 Å². The van der Waals surface area contributed by atoms with Gasteiger partial charge in [0.2, 0.25) is 5.91 Å². The molecule has 0 spiro atoms. The molecule has 0 unspecified atom stereocenters. The fourth-order valence-corrected chi connectivity index (χ4v) is 2.21. The van der Waals surface area contributed by atoms with Crippen molar-refractivity contribution in [2.45, 2.75) is 45.2 Å². The molecular formula is C12H23Cl2N5O. The SMILES string of the molecule is CC(C)c1nncn1CCNC(=O)[C@@H]1CCCN1.Cl.Cl. The third-order valence-electron chi connectivity index (χ3n) is 3.19. The largest absolute Gasteiger partial charge is 0.353 e. The number of hydrogen-bond donors (Lipinski definition) is 2. The molecule has 1 saturated heterocycles. The van der Waals surface area contributed by atoms with Crippen LogP contribution in [0.4, 0.5) is 0 Å². The van der Waals surface area contributed by atoms with Crippen LogP contribution in [-0.4, -0.2) is 39.8 Å². The van der Waals surface area contributed by atoms with Crippen molar-refractivity contribution < 1.29 is 4.79 Å². The van der Waals surface area contributed by atoms with Gasteiger partial charge in [0.05, 0.1) is 6.04 Å². The Morgan fingerprint density at radius 2 is 2.30 bits per heavy atom. The van der Waals surface area contributed by atoms with Gasteiger partial charge in [-0.25, -0.2) is 0 Å². The first-order chi connectivity index (χ1) is 8.68. The van der Waals surface area contributed by atoms with Gasteiger partial charge in [-0.05, 0) is 19.4 Å². The predicted octanol–water partition coefficient (Wildman–Crippen LogP) is 1.11. The van der Waals surface area contributed by atoms with Gasteiger partial charge in [0.15, 0.2) is 0 Å². The van der Waals surface area contributed by atoms with Crippen molar-refractivity contribution in [3.63, 3.8) is 0 Å². The minimum absolute atomic E-state index is 0. The van der Waals surface area contributed by atoms with Gasteiger partial charge in [0.25, 0.3) is 0 Å². The van der Waals surface area contributed by atoms with E-state index in [0.29, 0.717) is 12.5 Å². The Bertz CT molecular complexity index is 404. The molecule has 1 amide bonds. The van der Waals surface area contributed by atoms with Crippen molar-refractivity contribution in [3.05, 3.63) is 12.2 Å². The van der Waals surface area contributed by atoms with E-state index in [2.05, 4.69) is 34.7 Å². The van der Waals surface area contributed by atoms with Crippen molar-refractivity contribution in [3.8, 4) is 0 Å². The molecule has 0 aromatic carbocycles. The smallest absolute Gasteiger partial charge is 0.237 e. The zero-order valence-corrected chi connectivity index (χ0v) is 13.5. The lowest BCUT2D eigenvalue weighted by atomic mass is 10.2. The number of rotatable bonds is 5. The summed E-state index contributed by atoms with van der Waals surface area (Å²) < 4.78 is 1.99. The van der Waals surface area contributed by atoms with Crippen molar-refractivity contribution in [2.75, 3.05) is 13.1 Å². The number of amides is 1. The maximum atomic E-state index is 11.8. The van der Waals surface area contributed by atoms with Crippen LogP contribution in [0.2, 0.25) is 0 Å². The number of nitrogens with one attached hydrogen (secondary N) is 2. The Balaban J connectivity index is 0.00000180. The molecule has 1 aliphatic rings. The number of hydrogen-bond acceptors (Lipinski definition) is 4. The van der Waals surface area contributed by atoms with Crippen LogP contribution in [0.3, 0.4) is 0 Å². The minimum atomic E-state index is -0.00418. The van der Waals surface area contributed by atoms with Gasteiger partial charge in [-0.2, -0.15) is 0 Å². The van der Waals surface area contributed by atoms with Gasteiger partial charge in [0, 0.05) is 19.0 Å². The summed E-state index contributed by atoms with van der Waals surface area (Å²) in [5.74, 6) is 1.41. The van der Waals surface area contributed by atoms with Crippen LogP contribution < -0.4 is 10.6 Å². The summed E-state index contributed by atoms with van der Waals surface area (Å²) in [5.41, 5.74) is 0. The summed E-state index contributed by atoms with van der Waals surface area (Å²) in [4.78, 5) is 11.8. The van der Waals surface area contributed by atoms with E-state index < -0.39 is 0 Å². The van der Waals surface area contributed by atoms with Crippen LogP contribution >= 0.6 is 24.8 Å². The van der Waals surface area contributed by atoms with E-state index in [1.807, 2.05) is 4.57 Å². The van der Waals surface area contributed by atoms with Crippen LogP contribution in [-0.2, 0) is 11.3 Å². The summed E-state index contributed by atoms with van der Waals surface area (Å²) in [6.45, 7) is 6.46. The first kappa shape index (κ1) is 19.1. The van der Waals surface area contributed by atoms with Crippen LogP contribution in [0.5, 0.6) is 0 Å². The van der Waals surface area contributed by atoms with Gasteiger partial charge in [-0.15, -0.1) is 35.0 Å². The van der Waals surface area contributed by atoms with E-state index in [-0.39, 0.29) is 36.8 Å². The van der Waals surface area contributed by atoms with Gasteiger partial charge in [-0.1, -0.05) is 13.8 Å². The highest BCUT2D eigenvalue weighted by Crippen LogP contribution is 2.09. The van der Waals surface area contributed by atoms with Crippen LogP contribution in [0, 0.1) is 0 Å². The summed E-state index contributed by atoms with van der Waals surface area (Å²) >= 11 is 0. The molecule has 1 aromatic rings. The van der Waals surface area contributed by atoms with E-state index in [9.17, 15) is 4.79 Å². The molecule has 0 bridgehead atoms. The Morgan fingerprint density at radius 3 is 2.90 bits per heavy atom. The highest BCUT2D eigenvalue weighted by Gasteiger charge is 2.21. The molecule has 1 aromatic heterocycles. The van der Waals surface area contributed by atoms with E-state index in [1.165, 1.54) is 0 Å². The molecular weight excluding hydrogens is 301 g/mol. The lowest BCUT2D eigenvalue weighted by molar-refractivity contribution is -0.122. The zero-order valence-electron chi connectivity index (χ0n) is 11.8. The highest BCUT2D eigenvalue weighted by atomic mass is 35.5. The summed E-state index contributed by atoms with van der Waals surface area (Å²) in [5, 5.41) is 14.1. The van der Waals surface area contributed by atoms with E-state index in [0.717, 1.165) is 31.8 Å². The lowest BCUT2D eigenvalue weighted by Crippen LogP contribution is -2.41. The first-order valence-corrected chi connectivity index (χ1v) is 6.57. The monoisotopic (exact) mass is 323 g/mol. The second-order valence-electron chi connectivity index (χ2n) is 4.98. The fraction of sp³-hybridized carbons (Fsp3) is 0.750. The number of nitrogens with zero attached hydrogens (tertiary/aromatic N) is 3. The van der Waals surface area contributed by atoms with Crippen LogP contribution in [0.15, 0.2) is 6.33 Å². The van der Waals surface area contributed by atoms with Gasteiger partial charge in [0.1, 0.15) is 12.2 Å². The molecule has 116 valence electrons. The second-order valence-corrected chi connectivity index (χ2v) is 4.98. The van der Waals surface area contributed by atoms with Crippen molar-refractivity contribution in [1.29, 1.82) is 0 Å². The molecule has 8 heteroatoms. The standard InChI is InChI=1S/C12H21N5O.2ClH/c1-9(2)11-16-15-8-17(11)7-6-14-12(18)10-4-3-5-13-10;;/h8-10,13H,3-7H2,1-2H3,(H,14,18);2*1H/t10-;;/m0../s1. The van der Waals surface area contributed by atoms with Gasteiger partial charge >= 0.3 is 0 Å². The first-order valence-electron chi connectivity index (χ1n) is 6.57. The van der Waals surface area contributed by atoms with Crippen molar-refractivity contribution in [2.24, 2.45) is 0 Å². The normalized spacial score (nSPS) is 17.4. The van der Waals surface area contributed by atoms with E-state index in [4.69, 9.17) is 0 Å². The summed E-state index contributed by atoms with van der Waals surface area (Å²) in [6.07, 6.45) is 3.74. The van der Waals surface area contributed by atoms with Gasteiger partial charge < -0.3 is 15.2 Å². The Labute approximate surface area is 131 Å². The average Bonchev–Trinajstić information content (AvgIpc) is 2.99. The molecule has 1 atom stereocenters. The Kier molecular flexibility index (Phi) is 8.76. The highest BCUT2D eigenvalue weighted by molar-refractivity contribution is 5.85. The molecule has 1 aliphatic heterocycles. The zero-order chi connectivity index (χ0) is 13.0. The number of carbonyl (C=O) groups is 1. The Hall–Kier alpha value is -0.850. The molecule has 0 aliphatic carbocycles. The number of carbonyl (C=O) groups excluding carboxylic acids is 1. The molecule has 2 rings (SSSR count). The van der Waals surface area contributed by atoms with Gasteiger partial charge in [-0.3, -0.25) is 4.79 Å². The number of aromatic nitrogens is 3. The van der Waals surface area contributed by atoms with E-state index in [1.54, 1.807) is 6.33 Å². The predicted molar refractivity (Wildman–Crippen MR) is 82.6 cm³/mol. The fourth-order valence-electron chi connectivity index (χ4n) is 2.21. The lowest BCUT2D eigenvalue weighted by Gasteiger charge is -2.12. The average molecular weight is 324 g/mol. The molecule has 2 N–H and O–H groups in total. The van der Waals surface area contributed by atoms with E-state index >= 15 is 0 Å². The maximum Gasteiger partial charge on any atom is 0.237 e. The molecule has 0 saturated carbocycles. The maximum absolute atomic E-state index is 11.8. The molecule has 1 fully saturated rings. The van der Waals surface area contributed by atoms with Crippen molar-refractivity contribution >= 4 is 30.7 Å². The second kappa shape index (κ2) is 9.15. The third kappa shape index (κ3) is 4.92. The topological polar surface area (TPSA) is 71.8 Å². The quantitative estimate of drug-likeness (QED) is 0.851. The van der Waals surface area contributed by atoms with Crippen molar-refractivity contribution in [1.82, 2.24) is 25.4 Å². The summed E-state index contributed by atoms with van der Waals surface area (Å²) in [7, 11) is 0. The molecule has 2 heterocycles. The number of halogens is 2. The molecule has 0 radical (unpaired) electrons. The van der Waals surface area contributed by atoms with Crippen LogP contribution in [0.1, 0.15) is 38.4 Å². The molecule has 20 heavy (non-hydrogen) atoms. The summed E-state index contributed by atoms with van der Waals surface area (Å²) in [6, 6.07) is -0.00418. The minimum Gasteiger partial charge on any atom is -0.353 e.